The summed E-state index contributed by atoms with van der Waals surface area (Å²) in [7, 11) is 0. The molecule has 1 nitrogen and oxygen atoms in total. The zero-order valence-electron chi connectivity index (χ0n) is 7.76. The standard InChI is InChI=1S/C11H10BrFO/c1-6(14)8-5-9(8)10-4-7(12)2-3-11(10)13/h2-4,8-9H,5H2,1H3. The Morgan fingerprint density at radius 1 is 1.57 bits per heavy atom. The van der Waals surface area contributed by atoms with Crippen LogP contribution in [0, 0.1) is 11.7 Å². The molecule has 14 heavy (non-hydrogen) atoms. The van der Waals surface area contributed by atoms with Gasteiger partial charge < -0.3 is 0 Å². The largest absolute Gasteiger partial charge is 0.300 e. The molecule has 1 aliphatic rings. The molecule has 1 aromatic carbocycles. The highest BCUT2D eigenvalue weighted by Crippen LogP contribution is 2.49. The molecule has 1 aliphatic carbocycles. The lowest BCUT2D eigenvalue weighted by molar-refractivity contribution is -0.118. The predicted octanol–water partition coefficient (Wildman–Crippen LogP) is 3.28. The first-order chi connectivity index (χ1) is 6.59. The lowest BCUT2D eigenvalue weighted by Crippen LogP contribution is -1.96. The van der Waals surface area contributed by atoms with E-state index in [4.69, 9.17) is 0 Å². The van der Waals surface area contributed by atoms with Crippen molar-refractivity contribution in [2.24, 2.45) is 5.92 Å². The first-order valence-corrected chi connectivity index (χ1v) is 5.34. The summed E-state index contributed by atoms with van der Waals surface area (Å²) < 4.78 is 14.2. The summed E-state index contributed by atoms with van der Waals surface area (Å²) >= 11 is 3.30. The second kappa shape index (κ2) is 3.46. The lowest BCUT2D eigenvalue weighted by atomic mass is 10.1. The lowest BCUT2D eigenvalue weighted by Gasteiger charge is -2.01. The van der Waals surface area contributed by atoms with Gasteiger partial charge in [-0.1, -0.05) is 15.9 Å². The van der Waals surface area contributed by atoms with Crippen molar-refractivity contribution in [2.45, 2.75) is 19.3 Å². The zero-order chi connectivity index (χ0) is 10.3. The van der Waals surface area contributed by atoms with Gasteiger partial charge in [-0.15, -0.1) is 0 Å². The van der Waals surface area contributed by atoms with Gasteiger partial charge in [0.25, 0.3) is 0 Å². The van der Waals surface area contributed by atoms with Crippen LogP contribution in [0.4, 0.5) is 4.39 Å². The van der Waals surface area contributed by atoms with Gasteiger partial charge in [0, 0.05) is 10.4 Å². The van der Waals surface area contributed by atoms with Gasteiger partial charge in [-0.3, -0.25) is 4.79 Å². The highest BCUT2D eigenvalue weighted by atomic mass is 79.9. The van der Waals surface area contributed by atoms with E-state index in [1.165, 1.54) is 6.07 Å². The molecule has 1 saturated carbocycles. The highest BCUT2D eigenvalue weighted by Gasteiger charge is 2.43. The Morgan fingerprint density at radius 2 is 2.29 bits per heavy atom. The molecule has 0 saturated heterocycles. The third-order valence-corrected chi connectivity index (χ3v) is 3.16. The van der Waals surface area contributed by atoms with Crippen LogP contribution in [0.15, 0.2) is 22.7 Å². The maximum Gasteiger partial charge on any atom is 0.133 e. The van der Waals surface area contributed by atoms with Gasteiger partial charge in [0.15, 0.2) is 0 Å². The van der Waals surface area contributed by atoms with E-state index in [1.807, 2.05) is 0 Å². The van der Waals surface area contributed by atoms with E-state index in [0.717, 1.165) is 10.9 Å². The third-order valence-electron chi connectivity index (χ3n) is 2.67. The molecule has 0 amide bonds. The van der Waals surface area contributed by atoms with Crippen LogP contribution in [0.25, 0.3) is 0 Å². The SMILES string of the molecule is CC(=O)C1CC1c1cc(Br)ccc1F. The van der Waals surface area contributed by atoms with Crippen molar-refractivity contribution in [3.05, 3.63) is 34.1 Å². The smallest absolute Gasteiger partial charge is 0.133 e. The molecule has 2 unspecified atom stereocenters. The second-order valence-corrected chi connectivity index (χ2v) is 4.64. The van der Waals surface area contributed by atoms with Crippen LogP contribution in [0.2, 0.25) is 0 Å². The van der Waals surface area contributed by atoms with Crippen molar-refractivity contribution in [2.75, 3.05) is 0 Å². The molecular weight excluding hydrogens is 247 g/mol. The Kier molecular flexibility index (Phi) is 2.43. The number of ketones is 1. The molecule has 0 spiro atoms. The summed E-state index contributed by atoms with van der Waals surface area (Å²) in [5.74, 6) is 0.0973. The molecule has 0 N–H and O–H groups in total. The van der Waals surface area contributed by atoms with Crippen molar-refractivity contribution in [1.29, 1.82) is 0 Å². The number of hydrogen-bond acceptors (Lipinski definition) is 1. The molecule has 0 aromatic heterocycles. The maximum absolute atomic E-state index is 13.4. The predicted molar refractivity (Wildman–Crippen MR) is 55.6 cm³/mol. The highest BCUT2D eigenvalue weighted by molar-refractivity contribution is 9.10. The number of benzene rings is 1. The zero-order valence-corrected chi connectivity index (χ0v) is 9.34. The van der Waals surface area contributed by atoms with Gasteiger partial charge in [-0.25, -0.2) is 4.39 Å². The number of hydrogen-bond donors (Lipinski definition) is 0. The van der Waals surface area contributed by atoms with Gasteiger partial charge in [-0.2, -0.15) is 0 Å². The van der Waals surface area contributed by atoms with E-state index >= 15 is 0 Å². The molecule has 0 heterocycles. The van der Waals surface area contributed by atoms with E-state index in [2.05, 4.69) is 15.9 Å². The van der Waals surface area contributed by atoms with Crippen LogP contribution in [-0.2, 0) is 4.79 Å². The summed E-state index contributed by atoms with van der Waals surface area (Å²) in [4.78, 5) is 11.1. The van der Waals surface area contributed by atoms with Crippen LogP contribution < -0.4 is 0 Å². The fourth-order valence-corrected chi connectivity index (χ4v) is 2.17. The molecule has 1 fully saturated rings. The van der Waals surface area contributed by atoms with E-state index in [1.54, 1.807) is 19.1 Å². The minimum atomic E-state index is -0.207. The summed E-state index contributed by atoms with van der Waals surface area (Å²) in [6.07, 6.45) is 0.794. The van der Waals surface area contributed by atoms with E-state index < -0.39 is 0 Å². The second-order valence-electron chi connectivity index (χ2n) is 3.73. The Bertz CT molecular complexity index is 389. The Hall–Kier alpha value is -0.700. The van der Waals surface area contributed by atoms with Crippen LogP contribution >= 0.6 is 15.9 Å². The first-order valence-electron chi connectivity index (χ1n) is 4.55. The van der Waals surface area contributed by atoms with Gasteiger partial charge in [0.2, 0.25) is 0 Å². The van der Waals surface area contributed by atoms with Crippen LogP contribution in [-0.4, -0.2) is 5.78 Å². The van der Waals surface area contributed by atoms with Gasteiger partial charge in [0.1, 0.15) is 11.6 Å². The Labute approximate surface area is 90.4 Å². The fraction of sp³-hybridized carbons (Fsp3) is 0.364. The molecule has 2 rings (SSSR count). The van der Waals surface area contributed by atoms with Crippen molar-refractivity contribution >= 4 is 21.7 Å². The molecule has 2 atom stereocenters. The minimum Gasteiger partial charge on any atom is -0.300 e. The van der Waals surface area contributed by atoms with Crippen LogP contribution in [0.3, 0.4) is 0 Å². The molecule has 0 bridgehead atoms. The van der Waals surface area contributed by atoms with Gasteiger partial charge >= 0.3 is 0 Å². The van der Waals surface area contributed by atoms with Crippen molar-refractivity contribution in [3.63, 3.8) is 0 Å². The molecule has 74 valence electrons. The number of carbonyl (C=O) groups excluding carboxylic acids is 1. The molecule has 3 heteroatoms. The number of carbonyl (C=O) groups is 1. The van der Waals surface area contributed by atoms with E-state index in [-0.39, 0.29) is 23.4 Å². The van der Waals surface area contributed by atoms with Crippen molar-refractivity contribution in [1.82, 2.24) is 0 Å². The summed E-state index contributed by atoms with van der Waals surface area (Å²) in [6, 6.07) is 4.88. The number of rotatable bonds is 2. The molecule has 0 radical (unpaired) electrons. The number of halogens is 2. The third kappa shape index (κ3) is 1.73. The average Bonchev–Trinajstić information content (AvgIpc) is 2.88. The average molecular weight is 257 g/mol. The maximum atomic E-state index is 13.4. The Morgan fingerprint density at radius 3 is 2.86 bits per heavy atom. The molecule has 0 aliphatic heterocycles. The van der Waals surface area contributed by atoms with Crippen molar-refractivity contribution in [3.8, 4) is 0 Å². The van der Waals surface area contributed by atoms with Gasteiger partial charge in [-0.05, 0) is 43.0 Å². The summed E-state index contributed by atoms with van der Waals surface area (Å²) in [5.41, 5.74) is 0.666. The van der Waals surface area contributed by atoms with E-state index in [9.17, 15) is 9.18 Å². The minimum absolute atomic E-state index is 0.0406. The van der Waals surface area contributed by atoms with Crippen LogP contribution in [0.5, 0.6) is 0 Å². The number of Topliss-reactive ketones (excluding diaryl/α,β-unsaturated/α-hetero) is 1. The van der Waals surface area contributed by atoms with Crippen molar-refractivity contribution < 1.29 is 9.18 Å². The monoisotopic (exact) mass is 256 g/mol. The molecule has 1 aromatic rings. The summed E-state index contributed by atoms with van der Waals surface area (Å²) in [6.45, 7) is 1.57. The fourth-order valence-electron chi connectivity index (χ4n) is 1.79. The topological polar surface area (TPSA) is 17.1 Å². The summed E-state index contributed by atoms with van der Waals surface area (Å²) in [5, 5.41) is 0. The Balaban J connectivity index is 2.26. The van der Waals surface area contributed by atoms with Gasteiger partial charge in [0.05, 0.1) is 0 Å². The van der Waals surface area contributed by atoms with E-state index in [0.29, 0.717) is 5.56 Å². The first kappa shape index (κ1) is 9.84. The van der Waals surface area contributed by atoms with Crippen LogP contribution in [0.1, 0.15) is 24.8 Å². The molecular formula is C11H10BrFO. The normalized spacial score (nSPS) is 24.8. The quantitative estimate of drug-likeness (QED) is 0.794.